The standard InChI is InChI=1S/C12H20N2O4/c1-11(2)7(9(16)17)4-5-12(11,3)10(18)14-6-8(13)15/h7H,4-6H2,1-3H3,(H2,13,15)(H,14,18)(H,16,17). The van der Waals surface area contributed by atoms with Gasteiger partial charge in [0, 0.05) is 0 Å². The van der Waals surface area contributed by atoms with E-state index in [2.05, 4.69) is 5.32 Å². The zero-order valence-electron chi connectivity index (χ0n) is 10.9. The predicted molar refractivity (Wildman–Crippen MR) is 64.5 cm³/mol. The number of rotatable bonds is 4. The van der Waals surface area contributed by atoms with Crippen molar-refractivity contribution in [3.63, 3.8) is 0 Å². The summed E-state index contributed by atoms with van der Waals surface area (Å²) in [5, 5.41) is 11.6. The minimum Gasteiger partial charge on any atom is -0.481 e. The topological polar surface area (TPSA) is 109 Å². The molecule has 102 valence electrons. The molecule has 2 atom stereocenters. The van der Waals surface area contributed by atoms with Crippen molar-refractivity contribution in [3.8, 4) is 0 Å². The zero-order chi connectivity index (χ0) is 14.1. The minimum atomic E-state index is -0.883. The van der Waals surface area contributed by atoms with Crippen LogP contribution in [0.15, 0.2) is 0 Å². The lowest BCUT2D eigenvalue weighted by molar-refractivity contribution is -0.149. The molecule has 1 saturated carbocycles. The average Bonchev–Trinajstić information content (AvgIpc) is 2.47. The van der Waals surface area contributed by atoms with Crippen LogP contribution in [0.5, 0.6) is 0 Å². The van der Waals surface area contributed by atoms with Gasteiger partial charge in [0.15, 0.2) is 0 Å². The molecule has 0 aromatic heterocycles. The van der Waals surface area contributed by atoms with Gasteiger partial charge in [-0.3, -0.25) is 14.4 Å². The van der Waals surface area contributed by atoms with Gasteiger partial charge in [-0.15, -0.1) is 0 Å². The first-order chi connectivity index (χ1) is 8.13. The summed E-state index contributed by atoms with van der Waals surface area (Å²) < 4.78 is 0. The molecule has 18 heavy (non-hydrogen) atoms. The number of nitrogens with one attached hydrogen (secondary N) is 1. The van der Waals surface area contributed by atoms with Gasteiger partial charge in [0.25, 0.3) is 0 Å². The molecule has 0 aliphatic heterocycles. The van der Waals surface area contributed by atoms with E-state index < -0.39 is 28.6 Å². The molecule has 1 aliphatic rings. The largest absolute Gasteiger partial charge is 0.481 e. The summed E-state index contributed by atoms with van der Waals surface area (Å²) in [5.74, 6) is -2.36. The van der Waals surface area contributed by atoms with Gasteiger partial charge < -0.3 is 16.2 Å². The lowest BCUT2D eigenvalue weighted by atomic mass is 9.65. The number of hydrogen-bond donors (Lipinski definition) is 3. The highest BCUT2D eigenvalue weighted by molar-refractivity contribution is 5.89. The molecular weight excluding hydrogens is 236 g/mol. The molecule has 0 bridgehead atoms. The monoisotopic (exact) mass is 256 g/mol. The molecule has 0 aromatic rings. The number of nitrogens with two attached hydrogens (primary N) is 1. The third-order valence-electron chi connectivity index (χ3n) is 4.45. The Hall–Kier alpha value is -1.59. The van der Waals surface area contributed by atoms with Crippen LogP contribution in [-0.4, -0.2) is 29.4 Å². The normalized spacial score (nSPS) is 29.8. The first-order valence-electron chi connectivity index (χ1n) is 5.92. The number of carboxylic acids is 1. The number of carbonyl (C=O) groups is 3. The van der Waals surface area contributed by atoms with Gasteiger partial charge in [-0.05, 0) is 18.3 Å². The summed E-state index contributed by atoms with van der Waals surface area (Å²) in [6.45, 7) is 5.08. The SMILES string of the molecule is CC1(C(=O)NCC(N)=O)CCC(C(=O)O)C1(C)C. The molecule has 6 nitrogen and oxygen atoms in total. The fraction of sp³-hybridized carbons (Fsp3) is 0.750. The van der Waals surface area contributed by atoms with Crippen LogP contribution in [0, 0.1) is 16.7 Å². The number of carboxylic acid groups (broad SMARTS) is 1. The maximum atomic E-state index is 12.1. The Balaban J connectivity index is 2.90. The molecule has 0 aromatic carbocycles. The number of carbonyl (C=O) groups excluding carboxylic acids is 2. The molecule has 6 heteroatoms. The second-order valence-corrected chi connectivity index (χ2v) is 5.63. The van der Waals surface area contributed by atoms with Crippen LogP contribution in [0.4, 0.5) is 0 Å². The molecule has 1 rings (SSSR count). The van der Waals surface area contributed by atoms with Gasteiger partial charge in [0.05, 0.1) is 17.9 Å². The smallest absolute Gasteiger partial charge is 0.307 e. The van der Waals surface area contributed by atoms with E-state index in [0.29, 0.717) is 12.8 Å². The van der Waals surface area contributed by atoms with Gasteiger partial charge in [-0.1, -0.05) is 20.8 Å². The highest BCUT2D eigenvalue weighted by atomic mass is 16.4. The third-order valence-corrected chi connectivity index (χ3v) is 4.45. The Morgan fingerprint density at radius 1 is 1.33 bits per heavy atom. The second-order valence-electron chi connectivity index (χ2n) is 5.63. The molecule has 4 N–H and O–H groups in total. The first-order valence-corrected chi connectivity index (χ1v) is 5.92. The summed E-state index contributed by atoms with van der Waals surface area (Å²) in [7, 11) is 0. The molecule has 2 unspecified atom stereocenters. The minimum absolute atomic E-state index is 0.220. The van der Waals surface area contributed by atoms with Gasteiger partial charge in [0.1, 0.15) is 0 Å². The molecule has 0 spiro atoms. The van der Waals surface area contributed by atoms with Crippen molar-refractivity contribution in [3.05, 3.63) is 0 Å². The van der Waals surface area contributed by atoms with Crippen molar-refractivity contribution in [1.82, 2.24) is 5.32 Å². The van der Waals surface area contributed by atoms with Crippen LogP contribution in [0.3, 0.4) is 0 Å². The molecule has 0 radical (unpaired) electrons. The van der Waals surface area contributed by atoms with Crippen LogP contribution < -0.4 is 11.1 Å². The van der Waals surface area contributed by atoms with E-state index in [9.17, 15) is 19.5 Å². The number of aliphatic carboxylic acids is 1. The molecule has 2 amide bonds. The van der Waals surface area contributed by atoms with Crippen molar-refractivity contribution in [2.75, 3.05) is 6.54 Å². The summed E-state index contributed by atoms with van der Waals surface area (Å²) in [6.07, 6.45) is 0.949. The molecule has 0 saturated heterocycles. The quantitative estimate of drug-likeness (QED) is 0.663. The second kappa shape index (κ2) is 4.59. The maximum Gasteiger partial charge on any atom is 0.307 e. The van der Waals surface area contributed by atoms with E-state index >= 15 is 0 Å². The van der Waals surface area contributed by atoms with Crippen molar-refractivity contribution in [2.24, 2.45) is 22.5 Å². The molecule has 0 heterocycles. The Labute approximate surface area is 106 Å². The Morgan fingerprint density at radius 2 is 1.89 bits per heavy atom. The maximum absolute atomic E-state index is 12.1. The summed E-state index contributed by atoms with van der Waals surface area (Å²) in [6, 6.07) is 0. The number of amides is 2. The van der Waals surface area contributed by atoms with E-state index in [1.165, 1.54) is 0 Å². The molecule has 1 fully saturated rings. The van der Waals surface area contributed by atoms with Crippen molar-refractivity contribution in [2.45, 2.75) is 33.6 Å². The summed E-state index contributed by atoms with van der Waals surface area (Å²) in [5.41, 5.74) is 3.51. The number of hydrogen-bond acceptors (Lipinski definition) is 3. The van der Waals surface area contributed by atoms with Crippen molar-refractivity contribution < 1.29 is 19.5 Å². The lowest BCUT2D eigenvalue weighted by Gasteiger charge is -2.39. The fourth-order valence-electron chi connectivity index (χ4n) is 2.70. The van der Waals surface area contributed by atoms with Gasteiger partial charge in [0.2, 0.25) is 11.8 Å². The van der Waals surface area contributed by atoms with Crippen LogP contribution in [0.2, 0.25) is 0 Å². The summed E-state index contributed by atoms with van der Waals surface area (Å²) in [4.78, 5) is 34.0. The van der Waals surface area contributed by atoms with Crippen molar-refractivity contribution >= 4 is 17.8 Å². The molecule has 1 aliphatic carbocycles. The summed E-state index contributed by atoms with van der Waals surface area (Å²) >= 11 is 0. The predicted octanol–water partition coefficient (Wildman–Crippen LogP) is 0.115. The van der Waals surface area contributed by atoms with Crippen molar-refractivity contribution in [1.29, 1.82) is 0 Å². The Bertz CT molecular complexity index is 392. The third kappa shape index (κ3) is 2.19. The fourth-order valence-corrected chi connectivity index (χ4v) is 2.70. The van der Waals surface area contributed by atoms with Crippen LogP contribution >= 0.6 is 0 Å². The van der Waals surface area contributed by atoms with E-state index in [0.717, 1.165) is 0 Å². The van der Waals surface area contributed by atoms with Gasteiger partial charge in [-0.2, -0.15) is 0 Å². The van der Waals surface area contributed by atoms with Gasteiger partial charge in [-0.25, -0.2) is 0 Å². The average molecular weight is 256 g/mol. The van der Waals surface area contributed by atoms with E-state index in [1.807, 2.05) is 0 Å². The van der Waals surface area contributed by atoms with Gasteiger partial charge >= 0.3 is 5.97 Å². The molecular formula is C12H20N2O4. The Morgan fingerprint density at radius 3 is 2.28 bits per heavy atom. The first kappa shape index (κ1) is 14.5. The van der Waals surface area contributed by atoms with Crippen LogP contribution in [0.1, 0.15) is 33.6 Å². The van der Waals surface area contributed by atoms with E-state index in [4.69, 9.17) is 5.73 Å². The zero-order valence-corrected chi connectivity index (χ0v) is 10.9. The van der Waals surface area contributed by atoms with E-state index in [1.54, 1.807) is 20.8 Å². The van der Waals surface area contributed by atoms with E-state index in [-0.39, 0.29) is 12.5 Å². The number of primary amides is 1. The highest BCUT2D eigenvalue weighted by Crippen LogP contribution is 2.56. The van der Waals surface area contributed by atoms with Crippen LogP contribution in [-0.2, 0) is 14.4 Å². The highest BCUT2D eigenvalue weighted by Gasteiger charge is 2.58. The lowest BCUT2D eigenvalue weighted by Crippen LogP contribution is -2.49. The Kier molecular flexibility index (Phi) is 3.69. The van der Waals surface area contributed by atoms with Crippen LogP contribution in [0.25, 0.3) is 0 Å².